The van der Waals surface area contributed by atoms with Crippen LogP contribution in [0.4, 0.5) is 5.69 Å². The summed E-state index contributed by atoms with van der Waals surface area (Å²) in [5, 5.41) is 9.35. The first-order valence-corrected chi connectivity index (χ1v) is 7.72. The van der Waals surface area contributed by atoms with Crippen molar-refractivity contribution >= 4 is 15.7 Å². The zero-order valence-electron chi connectivity index (χ0n) is 11.1. The van der Waals surface area contributed by atoms with E-state index in [-0.39, 0.29) is 4.90 Å². The van der Waals surface area contributed by atoms with Crippen molar-refractivity contribution in [2.24, 2.45) is 0 Å². The first-order valence-electron chi connectivity index (χ1n) is 6.24. The van der Waals surface area contributed by atoms with E-state index in [0.29, 0.717) is 25.1 Å². The van der Waals surface area contributed by atoms with Crippen LogP contribution in [-0.4, -0.2) is 37.2 Å². The summed E-state index contributed by atoms with van der Waals surface area (Å²) in [6, 6.07) is 6.78. The summed E-state index contributed by atoms with van der Waals surface area (Å²) in [5.41, 5.74) is 0.579. The molecule has 2 aromatic rings. The van der Waals surface area contributed by atoms with Gasteiger partial charge in [0.2, 0.25) is 10.0 Å². The number of nitrogens with one attached hydrogen (secondary N) is 3. The van der Waals surface area contributed by atoms with E-state index in [4.69, 9.17) is 0 Å². The molecule has 0 amide bonds. The topological polar surface area (TPSA) is 99.8 Å². The van der Waals surface area contributed by atoms with E-state index in [1.54, 1.807) is 31.3 Å². The summed E-state index contributed by atoms with van der Waals surface area (Å²) in [6.07, 6.45) is 2.73. The quantitative estimate of drug-likeness (QED) is 0.655. The van der Waals surface area contributed by atoms with Gasteiger partial charge in [-0.1, -0.05) is 12.1 Å². The second-order valence-corrected chi connectivity index (χ2v) is 5.92. The van der Waals surface area contributed by atoms with E-state index in [2.05, 4.69) is 25.2 Å². The van der Waals surface area contributed by atoms with Gasteiger partial charge >= 0.3 is 0 Å². The van der Waals surface area contributed by atoms with Crippen molar-refractivity contribution in [3.63, 3.8) is 0 Å². The normalized spacial score (nSPS) is 11.4. The number of hydrogen-bond acceptors (Lipinski definition) is 5. The number of anilines is 1. The van der Waals surface area contributed by atoms with Crippen LogP contribution in [-0.2, 0) is 16.4 Å². The van der Waals surface area contributed by atoms with Gasteiger partial charge in [-0.15, -0.1) is 0 Å². The highest BCUT2D eigenvalue weighted by atomic mass is 32.2. The number of nitrogens with zero attached hydrogens (tertiary/aromatic N) is 2. The minimum absolute atomic E-state index is 0.252. The predicted molar refractivity (Wildman–Crippen MR) is 75.9 cm³/mol. The zero-order valence-corrected chi connectivity index (χ0v) is 11.9. The number of rotatable bonds is 7. The van der Waals surface area contributed by atoms with Crippen LogP contribution >= 0.6 is 0 Å². The average Bonchev–Trinajstić information content (AvgIpc) is 2.97. The molecule has 0 aliphatic carbocycles. The third-order valence-corrected chi connectivity index (χ3v) is 4.31. The van der Waals surface area contributed by atoms with Crippen LogP contribution in [0.5, 0.6) is 0 Å². The van der Waals surface area contributed by atoms with Crippen LogP contribution in [0.25, 0.3) is 0 Å². The van der Waals surface area contributed by atoms with Gasteiger partial charge in [-0.2, -0.15) is 5.10 Å². The molecule has 0 saturated heterocycles. The highest BCUT2D eigenvalue weighted by molar-refractivity contribution is 7.89. The van der Waals surface area contributed by atoms with Crippen LogP contribution in [0.15, 0.2) is 35.5 Å². The third kappa shape index (κ3) is 3.55. The molecule has 0 bridgehead atoms. The van der Waals surface area contributed by atoms with Crippen molar-refractivity contribution < 1.29 is 8.42 Å². The standard InChI is InChI=1S/C12H17N5O2S/c1-13-10-5-2-3-6-11(10)20(18,19)16-8-4-7-12-14-9-15-17-12/h2-3,5-6,9,13,16H,4,7-8H2,1H3,(H,14,15,17). The first kappa shape index (κ1) is 14.5. The molecule has 7 nitrogen and oxygen atoms in total. The molecule has 0 saturated carbocycles. The fourth-order valence-electron chi connectivity index (χ4n) is 1.80. The monoisotopic (exact) mass is 295 g/mol. The largest absolute Gasteiger partial charge is 0.387 e. The molecule has 0 radical (unpaired) electrons. The minimum Gasteiger partial charge on any atom is -0.387 e. The molecule has 0 aliphatic heterocycles. The molecule has 0 spiro atoms. The Balaban J connectivity index is 1.94. The van der Waals surface area contributed by atoms with Crippen molar-refractivity contribution in [1.82, 2.24) is 19.9 Å². The molecular weight excluding hydrogens is 278 g/mol. The first-order chi connectivity index (χ1) is 9.63. The fraction of sp³-hybridized carbons (Fsp3) is 0.333. The van der Waals surface area contributed by atoms with Crippen molar-refractivity contribution in [1.29, 1.82) is 0 Å². The fourth-order valence-corrected chi connectivity index (χ4v) is 3.08. The summed E-state index contributed by atoms with van der Waals surface area (Å²) < 4.78 is 27.0. The number of aryl methyl sites for hydroxylation is 1. The second kappa shape index (κ2) is 6.49. The van der Waals surface area contributed by atoms with Gasteiger partial charge in [0.05, 0.1) is 5.69 Å². The Bertz CT molecular complexity index is 640. The van der Waals surface area contributed by atoms with Crippen molar-refractivity contribution in [3.8, 4) is 0 Å². The van der Waals surface area contributed by atoms with E-state index in [1.807, 2.05) is 0 Å². The molecule has 0 unspecified atom stereocenters. The van der Waals surface area contributed by atoms with Crippen LogP contribution in [0, 0.1) is 0 Å². The van der Waals surface area contributed by atoms with Crippen molar-refractivity contribution in [2.75, 3.05) is 18.9 Å². The lowest BCUT2D eigenvalue weighted by molar-refractivity contribution is 0.578. The van der Waals surface area contributed by atoms with E-state index in [9.17, 15) is 8.42 Å². The van der Waals surface area contributed by atoms with Crippen LogP contribution in [0.3, 0.4) is 0 Å². The van der Waals surface area contributed by atoms with Gasteiger partial charge < -0.3 is 5.32 Å². The van der Waals surface area contributed by atoms with E-state index in [1.165, 1.54) is 6.33 Å². The minimum atomic E-state index is -3.50. The maximum Gasteiger partial charge on any atom is 0.242 e. The Labute approximate surface area is 117 Å². The number of H-pyrrole nitrogens is 1. The highest BCUT2D eigenvalue weighted by Gasteiger charge is 2.16. The average molecular weight is 295 g/mol. The molecule has 1 aromatic carbocycles. The van der Waals surface area contributed by atoms with Crippen LogP contribution in [0.1, 0.15) is 12.2 Å². The summed E-state index contributed by atoms with van der Waals surface area (Å²) in [7, 11) is -1.81. The molecule has 2 rings (SSSR count). The predicted octanol–water partition coefficient (Wildman–Crippen LogP) is 0.757. The van der Waals surface area contributed by atoms with Gasteiger partial charge in [0, 0.05) is 20.0 Å². The number of hydrogen-bond donors (Lipinski definition) is 3. The van der Waals surface area contributed by atoms with Crippen LogP contribution < -0.4 is 10.0 Å². The number of para-hydroxylation sites is 1. The number of aromatic nitrogens is 3. The lowest BCUT2D eigenvalue weighted by Gasteiger charge is -2.10. The molecule has 0 fully saturated rings. The Morgan fingerprint density at radius 2 is 2.10 bits per heavy atom. The van der Waals surface area contributed by atoms with Gasteiger partial charge in [0.15, 0.2) is 0 Å². The summed E-state index contributed by atoms with van der Waals surface area (Å²) in [6.45, 7) is 0.348. The van der Waals surface area contributed by atoms with Gasteiger partial charge in [-0.25, -0.2) is 18.1 Å². The lowest BCUT2D eigenvalue weighted by atomic mass is 10.3. The van der Waals surface area contributed by atoms with Gasteiger partial charge in [-0.05, 0) is 18.6 Å². The summed E-state index contributed by atoms with van der Waals surface area (Å²) in [5.74, 6) is 0.750. The SMILES string of the molecule is CNc1ccccc1S(=O)(=O)NCCCc1ncn[nH]1. The Morgan fingerprint density at radius 3 is 2.80 bits per heavy atom. The number of aromatic amines is 1. The molecular formula is C12H17N5O2S. The van der Waals surface area contributed by atoms with Crippen molar-refractivity contribution in [3.05, 3.63) is 36.4 Å². The maximum absolute atomic E-state index is 12.2. The molecule has 0 aliphatic rings. The number of benzene rings is 1. The van der Waals surface area contributed by atoms with Gasteiger partial charge in [0.1, 0.15) is 17.0 Å². The Kier molecular flexibility index (Phi) is 4.70. The molecule has 0 atom stereocenters. The molecule has 8 heteroatoms. The van der Waals surface area contributed by atoms with E-state index in [0.717, 1.165) is 5.82 Å². The summed E-state index contributed by atoms with van der Waals surface area (Å²) >= 11 is 0. The third-order valence-electron chi connectivity index (χ3n) is 2.79. The van der Waals surface area contributed by atoms with E-state index >= 15 is 0 Å². The smallest absolute Gasteiger partial charge is 0.242 e. The molecule has 1 heterocycles. The molecule has 20 heavy (non-hydrogen) atoms. The highest BCUT2D eigenvalue weighted by Crippen LogP contribution is 2.19. The summed E-state index contributed by atoms with van der Waals surface area (Å²) in [4.78, 5) is 4.23. The van der Waals surface area contributed by atoms with Crippen LogP contribution in [0.2, 0.25) is 0 Å². The zero-order chi connectivity index (χ0) is 14.4. The van der Waals surface area contributed by atoms with Gasteiger partial charge in [-0.3, -0.25) is 5.10 Å². The Hall–Kier alpha value is -1.93. The Morgan fingerprint density at radius 1 is 1.30 bits per heavy atom. The van der Waals surface area contributed by atoms with E-state index < -0.39 is 10.0 Å². The number of sulfonamides is 1. The second-order valence-electron chi connectivity index (χ2n) is 4.18. The molecule has 1 aromatic heterocycles. The molecule has 108 valence electrons. The van der Waals surface area contributed by atoms with Crippen molar-refractivity contribution in [2.45, 2.75) is 17.7 Å². The van der Waals surface area contributed by atoms with Gasteiger partial charge in [0.25, 0.3) is 0 Å². The molecule has 3 N–H and O–H groups in total. The lowest BCUT2D eigenvalue weighted by Crippen LogP contribution is -2.26. The maximum atomic E-state index is 12.2.